The lowest BCUT2D eigenvalue weighted by Crippen LogP contribution is -2.41. The summed E-state index contributed by atoms with van der Waals surface area (Å²) in [5.41, 5.74) is 10.3. The van der Waals surface area contributed by atoms with Crippen molar-refractivity contribution in [3.8, 4) is 17.2 Å². The van der Waals surface area contributed by atoms with Gasteiger partial charge in [-0.15, -0.1) is 0 Å². The maximum absolute atomic E-state index is 13.1. The molecule has 2 aromatic heterocycles. The van der Waals surface area contributed by atoms with E-state index in [1.54, 1.807) is 11.0 Å². The van der Waals surface area contributed by atoms with Crippen molar-refractivity contribution in [2.45, 2.75) is 19.9 Å². The van der Waals surface area contributed by atoms with Crippen molar-refractivity contribution in [3.63, 3.8) is 0 Å². The Bertz CT molecular complexity index is 1230. The SMILES string of the molecule is Cc1ccc(-c2c(C=C(C#N)C(=O)N3CCOCC3)n(CCCO)c3ncnc(N)c23)cc1. The van der Waals surface area contributed by atoms with E-state index in [1.807, 2.05) is 35.8 Å². The molecule has 170 valence electrons. The number of hydrogen-bond donors (Lipinski definition) is 2. The number of nitrogen functional groups attached to an aromatic ring is 1. The van der Waals surface area contributed by atoms with E-state index < -0.39 is 0 Å². The number of aromatic nitrogens is 3. The van der Waals surface area contributed by atoms with Gasteiger partial charge in [0.1, 0.15) is 29.4 Å². The van der Waals surface area contributed by atoms with Crippen LogP contribution in [-0.2, 0) is 16.1 Å². The van der Waals surface area contributed by atoms with Gasteiger partial charge < -0.3 is 25.0 Å². The molecule has 0 saturated carbocycles. The van der Waals surface area contributed by atoms with Crippen molar-refractivity contribution < 1.29 is 14.6 Å². The van der Waals surface area contributed by atoms with Gasteiger partial charge in [0.05, 0.1) is 24.3 Å². The number of ether oxygens (including phenoxy) is 1. The summed E-state index contributed by atoms with van der Waals surface area (Å²) in [5.74, 6) is -0.0281. The zero-order valence-electron chi connectivity index (χ0n) is 18.5. The van der Waals surface area contributed by atoms with Crippen LogP contribution < -0.4 is 5.73 Å². The molecule has 0 unspecified atom stereocenters. The van der Waals surface area contributed by atoms with E-state index in [9.17, 15) is 15.2 Å². The number of nitrogens with zero attached hydrogens (tertiary/aromatic N) is 5. The van der Waals surface area contributed by atoms with Gasteiger partial charge in [-0.05, 0) is 25.0 Å². The zero-order chi connectivity index (χ0) is 23.4. The number of anilines is 1. The standard InChI is InChI=1S/C24H26N6O3/c1-16-3-5-17(6-4-16)20-19(13-18(14-25)24(32)29-8-11-33-12-9-29)30(7-2-10-31)23-21(20)22(26)27-15-28-23/h3-6,13,15,31H,2,7-12H2,1H3,(H2,26,27,28). The van der Waals surface area contributed by atoms with Crippen LogP contribution in [0.15, 0.2) is 36.2 Å². The van der Waals surface area contributed by atoms with E-state index in [-0.39, 0.29) is 18.1 Å². The number of carbonyl (C=O) groups is 1. The predicted octanol–water partition coefficient (Wildman–Crippen LogP) is 2.14. The first-order valence-corrected chi connectivity index (χ1v) is 10.8. The van der Waals surface area contributed by atoms with Gasteiger partial charge in [0, 0.05) is 31.8 Å². The van der Waals surface area contributed by atoms with Crippen molar-refractivity contribution in [1.82, 2.24) is 19.4 Å². The minimum Gasteiger partial charge on any atom is -0.396 e. The fourth-order valence-corrected chi connectivity index (χ4v) is 4.04. The minimum atomic E-state index is -0.339. The second-order valence-corrected chi connectivity index (χ2v) is 7.89. The number of benzene rings is 1. The molecule has 1 fully saturated rings. The van der Waals surface area contributed by atoms with Crippen molar-refractivity contribution >= 4 is 28.8 Å². The molecule has 1 aliphatic rings. The highest BCUT2D eigenvalue weighted by atomic mass is 16.5. The van der Waals surface area contributed by atoms with E-state index >= 15 is 0 Å². The first-order chi connectivity index (χ1) is 16.0. The fourth-order valence-electron chi connectivity index (χ4n) is 4.04. The van der Waals surface area contributed by atoms with Gasteiger partial charge in [0.2, 0.25) is 0 Å². The van der Waals surface area contributed by atoms with Gasteiger partial charge in [-0.25, -0.2) is 9.97 Å². The molecule has 9 heteroatoms. The van der Waals surface area contributed by atoms with E-state index in [2.05, 4.69) is 16.0 Å². The molecule has 1 aromatic carbocycles. The third-order valence-corrected chi connectivity index (χ3v) is 5.72. The van der Waals surface area contributed by atoms with Gasteiger partial charge >= 0.3 is 0 Å². The molecule has 0 radical (unpaired) electrons. The second kappa shape index (κ2) is 9.81. The molecule has 3 heterocycles. The average molecular weight is 447 g/mol. The van der Waals surface area contributed by atoms with Crippen molar-refractivity contribution in [2.75, 3.05) is 38.6 Å². The molecule has 0 atom stereocenters. The first-order valence-electron chi connectivity index (χ1n) is 10.8. The monoisotopic (exact) mass is 446 g/mol. The number of aliphatic hydroxyl groups is 1. The highest BCUT2D eigenvalue weighted by molar-refractivity contribution is 6.08. The molecule has 0 bridgehead atoms. The van der Waals surface area contributed by atoms with Crippen molar-refractivity contribution in [1.29, 1.82) is 5.26 Å². The van der Waals surface area contributed by atoms with Crippen LogP contribution in [0.4, 0.5) is 5.82 Å². The van der Waals surface area contributed by atoms with Crippen molar-refractivity contribution in [3.05, 3.63) is 47.4 Å². The van der Waals surface area contributed by atoms with Crippen LogP contribution in [0.3, 0.4) is 0 Å². The summed E-state index contributed by atoms with van der Waals surface area (Å²) in [5, 5.41) is 20.0. The molecule has 1 aliphatic heterocycles. The third-order valence-electron chi connectivity index (χ3n) is 5.72. The van der Waals surface area contributed by atoms with Crippen LogP contribution >= 0.6 is 0 Å². The number of amides is 1. The van der Waals surface area contributed by atoms with E-state index in [0.717, 1.165) is 16.7 Å². The van der Waals surface area contributed by atoms with Crippen molar-refractivity contribution in [2.24, 2.45) is 0 Å². The molecule has 33 heavy (non-hydrogen) atoms. The molecular formula is C24H26N6O3. The van der Waals surface area contributed by atoms with Gasteiger partial charge in [-0.2, -0.15) is 5.26 Å². The smallest absolute Gasteiger partial charge is 0.264 e. The van der Waals surface area contributed by atoms with Gasteiger partial charge in [-0.1, -0.05) is 29.8 Å². The summed E-state index contributed by atoms with van der Waals surface area (Å²) in [6.45, 7) is 4.20. The summed E-state index contributed by atoms with van der Waals surface area (Å²) >= 11 is 0. The van der Waals surface area contributed by atoms with Crippen LogP contribution in [0, 0.1) is 18.3 Å². The number of nitriles is 1. The normalized spacial score (nSPS) is 14.5. The maximum atomic E-state index is 13.1. The van der Waals surface area contributed by atoms with E-state index in [4.69, 9.17) is 10.5 Å². The Morgan fingerprint density at radius 2 is 2.00 bits per heavy atom. The summed E-state index contributed by atoms with van der Waals surface area (Å²) in [7, 11) is 0. The number of carbonyl (C=O) groups excluding carboxylic acids is 1. The molecule has 0 aliphatic carbocycles. The quantitative estimate of drug-likeness (QED) is 0.438. The number of morpholine rings is 1. The topological polar surface area (TPSA) is 130 Å². The molecule has 0 spiro atoms. The molecule has 1 amide bonds. The second-order valence-electron chi connectivity index (χ2n) is 7.89. The Hall–Kier alpha value is -3.74. The molecule has 3 N–H and O–H groups in total. The van der Waals surface area contributed by atoms with Crippen LogP contribution in [-0.4, -0.2) is 63.4 Å². The lowest BCUT2D eigenvalue weighted by Gasteiger charge is -2.26. The average Bonchev–Trinajstić information content (AvgIpc) is 3.15. The number of rotatable bonds is 6. The van der Waals surface area contributed by atoms with Gasteiger partial charge in [0.25, 0.3) is 5.91 Å². The molecule has 1 saturated heterocycles. The van der Waals surface area contributed by atoms with Gasteiger partial charge in [-0.3, -0.25) is 4.79 Å². The Labute approximate surface area is 191 Å². The van der Waals surface area contributed by atoms with Crippen LogP contribution in [0.2, 0.25) is 0 Å². The third kappa shape index (κ3) is 4.44. The number of aliphatic hydroxyl groups excluding tert-OH is 1. The molecular weight excluding hydrogens is 420 g/mol. The van der Waals surface area contributed by atoms with Crippen LogP contribution in [0.5, 0.6) is 0 Å². The molecule has 9 nitrogen and oxygen atoms in total. The summed E-state index contributed by atoms with van der Waals surface area (Å²) in [4.78, 5) is 23.4. The Balaban J connectivity index is 1.96. The van der Waals surface area contributed by atoms with E-state index in [0.29, 0.717) is 61.8 Å². The highest BCUT2D eigenvalue weighted by Gasteiger charge is 2.25. The predicted molar refractivity (Wildman–Crippen MR) is 125 cm³/mol. The van der Waals surface area contributed by atoms with Crippen LogP contribution in [0.25, 0.3) is 28.2 Å². The number of aryl methyl sites for hydroxylation is 2. The zero-order valence-corrected chi connectivity index (χ0v) is 18.5. The highest BCUT2D eigenvalue weighted by Crippen LogP contribution is 2.38. The Kier molecular flexibility index (Phi) is 6.68. The fraction of sp³-hybridized carbons (Fsp3) is 0.333. The van der Waals surface area contributed by atoms with Crippen LogP contribution in [0.1, 0.15) is 17.7 Å². The summed E-state index contributed by atoms with van der Waals surface area (Å²) in [6, 6.07) is 10.0. The van der Waals surface area contributed by atoms with Gasteiger partial charge in [0.15, 0.2) is 0 Å². The lowest BCUT2D eigenvalue weighted by atomic mass is 10.00. The summed E-state index contributed by atoms with van der Waals surface area (Å²) < 4.78 is 7.22. The minimum absolute atomic E-state index is 0.0128. The number of nitrogens with two attached hydrogens (primary N) is 1. The number of hydrogen-bond acceptors (Lipinski definition) is 7. The Morgan fingerprint density at radius 1 is 1.27 bits per heavy atom. The molecule has 4 rings (SSSR count). The van der Waals surface area contributed by atoms with E-state index in [1.165, 1.54) is 6.33 Å². The summed E-state index contributed by atoms with van der Waals surface area (Å²) in [6.07, 6.45) is 3.47. The number of fused-ring (bicyclic) bond motifs is 1. The first kappa shape index (κ1) is 22.5. The Morgan fingerprint density at radius 3 is 2.67 bits per heavy atom. The molecule has 3 aromatic rings. The maximum Gasteiger partial charge on any atom is 0.264 e. The lowest BCUT2D eigenvalue weighted by molar-refractivity contribution is -0.130. The largest absolute Gasteiger partial charge is 0.396 e.